The van der Waals surface area contributed by atoms with E-state index < -0.39 is 6.04 Å². The fourth-order valence-corrected chi connectivity index (χ4v) is 6.36. The Balaban J connectivity index is 1.14. The van der Waals surface area contributed by atoms with E-state index in [0.29, 0.717) is 42.6 Å². The van der Waals surface area contributed by atoms with E-state index in [0.717, 1.165) is 43.5 Å². The molecule has 2 aliphatic heterocycles. The molecular weight excluding hydrogens is 604 g/mol. The highest BCUT2D eigenvalue weighted by atomic mass is 16.5. The quantitative estimate of drug-likeness (QED) is 0.253. The Morgan fingerprint density at radius 1 is 0.792 bits per heavy atom. The minimum atomic E-state index is -0.596. The summed E-state index contributed by atoms with van der Waals surface area (Å²) in [6.07, 6.45) is 3.88. The molecule has 3 aromatic rings. The Bertz CT molecular complexity index is 1540. The second-order valence-electron chi connectivity index (χ2n) is 13.4. The minimum Gasteiger partial charge on any atom is -0.493 e. The van der Waals surface area contributed by atoms with Gasteiger partial charge in [0.2, 0.25) is 11.8 Å². The average Bonchev–Trinajstić information content (AvgIpc) is 3.77. The molecule has 0 aromatic heterocycles. The van der Waals surface area contributed by atoms with Crippen molar-refractivity contribution in [3.63, 3.8) is 0 Å². The molecule has 2 saturated heterocycles. The number of benzene rings is 3. The summed E-state index contributed by atoms with van der Waals surface area (Å²) in [5.74, 6) is 0.165. The summed E-state index contributed by atoms with van der Waals surface area (Å²) >= 11 is 0. The molecule has 2 aliphatic rings. The van der Waals surface area contributed by atoms with Crippen LogP contribution in [0.5, 0.6) is 5.75 Å². The lowest BCUT2D eigenvalue weighted by molar-refractivity contribution is -0.120. The molecule has 4 atom stereocenters. The summed E-state index contributed by atoms with van der Waals surface area (Å²) in [6.45, 7) is 3.83. The molecule has 48 heavy (non-hydrogen) atoms. The number of likely N-dealkylation sites (N-methyl/N-ethyl adjacent to an activating group) is 2. The van der Waals surface area contributed by atoms with Crippen LogP contribution in [0, 0.1) is 0 Å². The summed E-state index contributed by atoms with van der Waals surface area (Å²) < 4.78 is 5.86. The van der Waals surface area contributed by atoms with Crippen LogP contribution in [0.3, 0.4) is 0 Å². The van der Waals surface area contributed by atoms with Gasteiger partial charge < -0.3 is 35.4 Å². The molecule has 256 valence electrons. The summed E-state index contributed by atoms with van der Waals surface area (Å²) in [5.41, 5.74) is 4.31. The van der Waals surface area contributed by atoms with Gasteiger partial charge in [0.05, 0.1) is 18.2 Å². The molecule has 0 saturated carbocycles. The second kappa shape index (κ2) is 16.2. The van der Waals surface area contributed by atoms with Crippen molar-refractivity contribution in [2.24, 2.45) is 0 Å². The summed E-state index contributed by atoms with van der Waals surface area (Å²) in [6, 6.07) is 22.9. The van der Waals surface area contributed by atoms with Crippen molar-refractivity contribution in [3.8, 4) is 5.75 Å². The molecule has 10 heteroatoms. The molecule has 5 rings (SSSR count). The third-order valence-electron chi connectivity index (χ3n) is 9.45. The van der Waals surface area contributed by atoms with E-state index in [4.69, 9.17) is 4.74 Å². The number of anilines is 2. The number of ether oxygens (including phenoxy) is 1. The first kappa shape index (κ1) is 35.1. The number of hydrogen-bond donors (Lipinski definition) is 3. The van der Waals surface area contributed by atoms with Crippen molar-refractivity contribution in [1.29, 1.82) is 0 Å². The van der Waals surface area contributed by atoms with E-state index >= 15 is 0 Å². The van der Waals surface area contributed by atoms with Gasteiger partial charge >= 0.3 is 0 Å². The van der Waals surface area contributed by atoms with Crippen LogP contribution in [0.25, 0.3) is 0 Å². The lowest BCUT2D eigenvalue weighted by Gasteiger charge is -2.25. The van der Waals surface area contributed by atoms with Crippen LogP contribution >= 0.6 is 0 Å². The highest BCUT2D eigenvalue weighted by molar-refractivity contribution is 6.03. The van der Waals surface area contributed by atoms with Gasteiger partial charge in [0.25, 0.3) is 5.91 Å². The maximum atomic E-state index is 13.8. The summed E-state index contributed by atoms with van der Waals surface area (Å²) in [4.78, 5) is 46.0. The zero-order valence-electron chi connectivity index (χ0n) is 28.9. The van der Waals surface area contributed by atoms with Crippen molar-refractivity contribution in [2.45, 2.75) is 63.2 Å². The van der Waals surface area contributed by atoms with Gasteiger partial charge in [-0.25, -0.2) is 0 Å². The number of amides is 3. The number of hydrogen-bond acceptors (Lipinski definition) is 7. The second-order valence-corrected chi connectivity index (χ2v) is 13.4. The van der Waals surface area contributed by atoms with Crippen LogP contribution in [0.1, 0.15) is 47.7 Å². The first-order valence-corrected chi connectivity index (χ1v) is 17.0. The third kappa shape index (κ3) is 8.80. The highest BCUT2D eigenvalue weighted by Crippen LogP contribution is 2.28. The Morgan fingerprint density at radius 2 is 1.38 bits per heavy atom. The first-order valence-electron chi connectivity index (χ1n) is 17.0. The zero-order chi connectivity index (χ0) is 34.2. The maximum Gasteiger partial charge on any atom is 0.258 e. The van der Waals surface area contributed by atoms with Crippen molar-refractivity contribution < 1.29 is 19.1 Å². The van der Waals surface area contributed by atoms with Crippen LogP contribution < -0.4 is 20.7 Å². The maximum absolute atomic E-state index is 13.8. The molecule has 3 amide bonds. The number of nitrogens with one attached hydrogen (secondary N) is 3. The van der Waals surface area contributed by atoms with Gasteiger partial charge in [-0.1, -0.05) is 43.3 Å². The Labute approximate surface area is 284 Å². The molecule has 0 radical (unpaired) electrons. The summed E-state index contributed by atoms with van der Waals surface area (Å²) in [7, 11) is 8.04. The lowest BCUT2D eigenvalue weighted by atomic mass is 10.0. The molecule has 0 unspecified atom stereocenters. The smallest absolute Gasteiger partial charge is 0.258 e. The fourth-order valence-electron chi connectivity index (χ4n) is 6.36. The van der Waals surface area contributed by atoms with Gasteiger partial charge in [-0.3, -0.25) is 14.4 Å². The zero-order valence-corrected chi connectivity index (χ0v) is 28.9. The number of carbonyl (C=O) groups excluding carboxylic acids is 3. The predicted molar refractivity (Wildman–Crippen MR) is 191 cm³/mol. The Morgan fingerprint density at radius 3 is 1.94 bits per heavy atom. The molecule has 0 bridgehead atoms. The van der Waals surface area contributed by atoms with Gasteiger partial charge in [0.15, 0.2) is 0 Å². The SMILES string of the molecule is CCCOc1ccccc1C(=O)N1C[C@@H](N(C)C)C[C@H]1C(=O)Nc1ccc(CCc2ccc(NC(=O)[C@@H]3C[C@H](N(C)C)CN3)cc2)cc1. The predicted octanol–water partition coefficient (Wildman–Crippen LogP) is 4.27. The Kier molecular flexibility index (Phi) is 11.9. The van der Waals surface area contributed by atoms with Gasteiger partial charge in [0, 0.05) is 36.5 Å². The number of nitrogens with zero attached hydrogens (tertiary/aromatic N) is 3. The van der Waals surface area contributed by atoms with E-state index in [2.05, 4.69) is 37.9 Å². The van der Waals surface area contributed by atoms with Crippen LogP contribution in [0.2, 0.25) is 0 Å². The van der Waals surface area contributed by atoms with Crippen molar-refractivity contribution >= 4 is 29.1 Å². The monoisotopic (exact) mass is 654 g/mol. The molecule has 10 nitrogen and oxygen atoms in total. The van der Waals surface area contributed by atoms with Crippen LogP contribution in [-0.4, -0.2) is 104 Å². The van der Waals surface area contributed by atoms with Gasteiger partial charge in [-0.15, -0.1) is 0 Å². The Hall–Kier alpha value is -4.25. The van der Waals surface area contributed by atoms with Crippen molar-refractivity contribution in [1.82, 2.24) is 20.0 Å². The van der Waals surface area contributed by atoms with E-state index in [1.54, 1.807) is 11.0 Å². The first-order chi connectivity index (χ1) is 23.1. The molecule has 2 fully saturated rings. The van der Waals surface area contributed by atoms with E-state index in [1.807, 2.05) is 89.7 Å². The number of rotatable bonds is 13. The van der Waals surface area contributed by atoms with Gasteiger partial charge in [-0.05, 0) is 108 Å². The largest absolute Gasteiger partial charge is 0.493 e. The molecule has 3 N–H and O–H groups in total. The van der Waals surface area contributed by atoms with Gasteiger partial charge in [0.1, 0.15) is 11.8 Å². The molecule has 3 aromatic carbocycles. The number of para-hydroxylation sites is 1. The minimum absolute atomic E-state index is 0.00591. The van der Waals surface area contributed by atoms with Crippen LogP contribution in [0.4, 0.5) is 11.4 Å². The van der Waals surface area contributed by atoms with Crippen molar-refractivity contribution in [2.75, 3.05) is 58.5 Å². The van der Waals surface area contributed by atoms with Gasteiger partial charge in [-0.2, -0.15) is 0 Å². The van der Waals surface area contributed by atoms with Crippen LogP contribution in [0.15, 0.2) is 72.8 Å². The lowest BCUT2D eigenvalue weighted by Crippen LogP contribution is -2.43. The van der Waals surface area contributed by atoms with Crippen molar-refractivity contribution in [3.05, 3.63) is 89.5 Å². The number of carbonyl (C=O) groups is 3. The topological polar surface area (TPSA) is 106 Å². The number of aryl methyl sites for hydroxylation is 2. The molecule has 0 aliphatic carbocycles. The van der Waals surface area contributed by atoms with Crippen LogP contribution in [-0.2, 0) is 22.4 Å². The average molecular weight is 655 g/mol. The van der Waals surface area contributed by atoms with E-state index in [-0.39, 0.29) is 29.8 Å². The molecular formula is C38H50N6O4. The van der Waals surface area contributed by atoms with E-state index in [1.165, 1.54) is 5.56 Å². The highest BCUT2D eigenvalue weighted by Gasteiger charge is 2.41. The molecule has 2 heterocycles. The summed E-state index contributed by atoms with van der Waals surface area (Å²) in [5, 5.41) is 9.41. The third-order valence-corrected chi connectivity index (χ3v) is 9.45. The standard InChI is InChI=1S/C38H50N6O4/c1-6-21-48-35-10-8-7-9-32(35)38(47)44-25-31(43(4)5)23-34(44)37(46)41-29-19-15-27(16-20-29)12-11-26-13-17-28(18-14-26)40-36(45)33-22-30(24-39-33)42(2)3/h7-10,13-20,30-31,33-34,39H,6,11-12,21-25H2,1-5H3,(H,40,45)(H,41,46)/t30-,31-,33-,34-/m0/s1. The van der Waals surface area contributed by atoms with E-state index in [9.17, 15) is 14.4 Å². The fraction of sp³-hybridized carbons (Fsp3) is 0.447. The number of likely N-dealkylation sites (tertiary alicyclic amines) is 1. The normalized spacial score (nSPS) is 20.7. The molecule has 0 spiro atoms.